The van der Waals surface area contributed by atoms with Gasteiger partial charge in [-0.1, -0.05) is 172 Å². The summed E-state index contributed by atoms with van der Waals surface area (Å²) in [5.41, 5.74) is 20.0. The number of anilines is 6. The Kier molecular flexibility index (Phi) is 9.50. The molecule has 0 bridgehead atoms. The van der Waals surface area contributed by atoms with Crippen molar-refractivity contribution in [2.75, 3.05) is 9.80 Å². The lowest BCUT2D eigenvalue weighted by Gasteiger charge is -2.42. The van der Waals surface area contributed by atoms with Crippen molar-refractivity contribution in [3.05, 3.63) is 260 Å². The molecule has 0 atom stereocenters. The quantitative estimate of drug-likeness (QED) is 0.151. The topological polar surface area (TPSA) is 11.4 Å². The van der Waals surface area contributed by atoms with Gasteiger partial charge in [0.2, 0.25) is 0 Å². The molecule has 10 aromatic carbocycles. The van der Waals surface area contributed by atoms with Crippen molar-refractivity contribution in [1.82, 2.24) is 4.57 Å². The normalized spacial score (nSPS) is 12.8. The molecular formula is C63H47N3. The van der Waals surface area contributed by atoms with E-state index in [9.17, 15) is 0 Å². The first-order valence-electron chi connectivity index (χ1n) is 22.8. The molecule has 0 unspecified atom stereocenters. The predicted octanol–water partition coefficient (Wildman–Crippen LogP) is 17.4. The summed E-state index contributed by atoms with van der Waals surface area (Å²) in [5.74, 6) is 0. The van der Waals surface area contributed by atoms with Gasteiger partial charge in [-0.2, -0.15) is 0 Å². The molecule has 3 heteroatoms. The Morgan fingerprint density at radius 3 is 1.55 bits per heavy atom. The van der Waals surface area contributed by atoms with Crippen LogP contribution >= 0.6 is 0 Å². The second-order valence-electron chi connectivity index (χ2n) is 17.8. The molecule has 12 rings (SSSR count). The number of hydrogen-bond acceptors (Lipinski definition) is 2. The summed E-state index contributed by atoms with van der Waals surface area (Å²) in [5, 5.41) is 2.48. The maximum atomic E-state index is 2.43. The molecule has 66 heavy (non-hydrogen) atoms. The minimum absolute atomic E-state index is 0.155. The van der Waals surface area contributed by atoms with Crippen LogP contribution in [0.5, 0.6) is 0 Å². The van der Waals surface area contributed by atoms with Crippen molar-refractivity contribution >= 4 is 55.9 Å². The fourth-order valence-electron chi connectivity index (χ4n) is 10.3. The molecule has 0 saturated carbocycles. The van der Waals surface area contributed by atoms with Crippen molar-refractivity contribution in [3.63, 3.8) is 0 Å². The molecular weight excluding hydrogens is 799 g/mol. The molecule has 2 heterocycles. The summed E-state index contributed by atoms with van der Waals surface area (Å²) in [7, 11) is 0. The van der Waals surface area contributed by atoms with E-state index in [1.165, 1.54) is 72.1 Å². The Hall–Kier alpha value is -8.40. The third-order valence-corrected chi connectivity index (χ3v) is 13.6. The maximum Gasteiger partial charge on any atom is 0.0541 e. The van der Waals surface area contributed by atoms with Gasteiger partial charge in [-0.3, -0.25) is 0 Å². The third kappa shape index (κ3) is 6.67. The van der Waals surface area contributed by atoms with Gasteiger partial charge in [0, 0.05) is 44.6 Å². The summed E-state index contributed by atoms with van der Waals surface area (Å²) in [6, 6.07) is 90.6. The lowest BCUT2D eigenvalue weighted by Crippen LogP contribution is -2.30. The second-order valence-corrected chi connectivity index (χ2v) is 17.8. The maximum absolute atomic E-state index is 2.43. The smallest absolute Gasteiger partial charge is 0.0541 e. The largest absolute Gasteiger partial charge is 0.310 e. The number of para-hydroxylation sites is 4. The van der Waals surface area contributed by atoms with Crippen LogP contribution in [-0.2, 0) is 5.41 Å². The Labute approximate surface area is 386 Å². The zero-order valence-electron chi connectivity index (χ0n) is 37.0. The van der Waals surface area contributed by atoms with Crippen molar-refractivity contribution in [1.29, 1.82) is 0 Å². The van der Waals surface area contributed by atoms with Gasteiger partial charge >= 0.3 is 0 Å². The highest BCUT2D eigenvalue weighted by Crippen LogP contribution is 2.52. The van der Waals surface area contributed by atoms with E-state index in [1.54, 1.807) is 0 Å². The van der Waals surface area contributed by atoms with E-state index < -0.39 is 0 Å². The molecule has 11 aromatic rings. The zero-order valence-corrected chi connectivity index (χ0v) is 37.0. The Bertz CT molecular complexity index is 3530. The SMILES string of the molecule is CC1(C)c2ccccc2N(c2ccccc2)c2cc(-c3ccc(N(c4ccc(-c5ccccc5)cc4)c4cccc(-c5ccc6c(c5)c5ccccc5n6-c5ccccc5)c4)cc3)ccc21. The molecule has 0 amide bonds. The Morgan fingerprint density at radius 1 is 0.318 bits per heavy atom. The first-order chi connectivity index (χ1) is 32.5. The molecule has 0 fully saturated rings. The highest BCUT2D eigenvalue weighted by Gasteiger charge is 2.37. The van der Waals surface area contributed by atoms with E-state index in [4.69, 9.17) is 0 Å². The number of rotatable bonds is 8. The first-order valence-corrected chi connectivity index (χ1v) is 22.8. The van der Waals surface area contributed by atoms with Crippen molar-refractivity contribution < 1.29 is 0 Å². The summed E-state index contributed by atoms with van der Waals surface area (Å²) < 4.78 is 2.37. The van der Waals surface area contributed by atoms with Crippen LogP contribution in [0.4, 0.5) is 34.1 Å². The molecule has 1 aliphatic heterocycles. The average molecular weight is 846 g/mol. The standard InChI is InChI=1S/C63H47N3/c1-63(2)57-26-13-15-28-61(57)66(51-22-10-5-11-23-51)62-43-49(33-39-58(62)63)46-31-37-53(38-32-46)64(52-35-29-45(30-36-52)44-17-6-3-7-18-44)54-24-16-19-47(41-54)48-34-40-60-56(42-48)55-25-12-14-27-59(55)65(60)50-20-8-4-9-21-50/h3-43H,1-2H3. The van der Waals surface area contributed by atoms with E-state index in [2.05, 4.69) is 277 Å². The van der Waals surface area contributed by atoms with Gasteiger partial charge in [-0.25, -0.2) is 0 Å². The molecule has 1 aliphatic rings. The summed E-state index contributed by atoms with van der Waals surface area (Å²) in [6.07, 6.45) is 0. The van der Waals surface area contributed by atoms with Gasteiger partial charge < -0.3 is 14.4 Å². The molecule has 1 aromatic heterocycles. The monoisotopic (exact) mass is 845 g/mol. The highest BCUT2D eigenvalue weighted by atomic mass is 15.2. The van der Waals surface area contributed by atoms with Gasteiger partial charge in [-0.05, 0) is 136 Å². The van der Waals surface area contributed by atoms with Crippen molar-refractivity contribution in [3.8, 4) is 39.1 Å². The summed E-state index contributed by atoms with van der Waals surface area (Å²) in [6.45, 7) is 4.69. The van der Waals surface area contributed by atoms with Crippen LogP contribution in [0.15, 0.2) is 249 Å². The molecule has 0 saturated heterocycles. The van der Waals surface area contributed by atoms with E-state index in [0.717, 1.165) is 34.0 Å². The lowest BCUT2D eigenvalue weighted by molar-refractivity contribution is 0.632. The first kappa shape index (κ1) is 39.2. The summed E-state index contributed by atoms with van der Waals surface area (Å²) >= 11 is 0. The molecule has 0 radical (unpaired) electrons. The highest BCUT2D eigenvalue weighted by molar-refractivity contribution is 6.10. The van der Waals surface area contributed by atoms with Gasteiger partial charge in [-0.15, -0.1) is 0 Å². The minimum Gasteiger partial charge on any atom is -0.310 e. The number of nitrogens with zero attached hydrogens (tertiary/aromatic N) is 3. The van der Waals surface area contributed by atoms with Crippen LogP contribution in [0, 0.1) is 0 Å². The molecule has 3 nitrogen and oxygen atoms in total. The van der Waals surface area contributed by atoms with Crippen LogP contribution < -0.4 is 9.80 Å². The number of benzene rings is 10. The van der Waals surface area contributed by atoms with Gasteiger partial charge in [0.25, 0.3) is 0 Å². The van der Waals surface area contributed by atoms with E-state index in [0.29, 0.717) is 0 Å². The Balaban J connectivity index is 0.948. The van der Waals surface area contributed by atoms with Crippen LogP contribution in [0.1, 0.15) is 25.0 Å². The van der Waals surface area contributed by atoms with E-state index in [-0.39, 0.29) is 5.41 Å². The number of aromatic nitrogens is 1. The fraction of sp³-hybridized carbons (Fsp3) is 0.0476. The van der Waals surface area contributed by atoms with Crippen molar-refractivity contribution in [2.24, 2.45) is 0 Å². The lowest BCUT2D eigenvalue weighted by atomic mass is 9.73. The fourth-order valence-corrected chi connectivity index (χ4v) is 10.3. The van der Waals surface area contributed by atoms with Crippen LogP contribution in [0.3, 0.4) is 0 Å². The van der Waals surface area contributed by atoms with Gasteiger partial charge in [0.05, 0.1) is 22.4 Å². The van der Waals surface area contributed by atoms with Crippen LogP contribution in [0.25, 0.3) is 60.9 Å². The Morgan fingerprint density at radius 2 is 0.818 bits per heavy atom. The van der Waals surface area contributed by atoms with E-state index >= 15 is 0 Å². The number of fused-ring (bicyclic) bond motifs is 5. The average Bonchev–Trinajstić information content (AvgIpc) is 3.71. The van der Waals surface area contributed by atoms with Crippen LogP contribution in [-0.4, -0.2) is 4.57 Å². The predicted molar refractivity (Wildman–Crippen MR) is 279 cm³/mol. The summed E-state index contributed by atoms with van der Waals surface area (Å²) in [4.78, 5) is 4.81. The third-order valence-electron chi connectivity index (χ3n) is 13.6. The minimum atomic E-state index is -0.155. The van der Waals surface area contributed by atoms with Crippen molar-refractivity contribution in [2.45, 2.75) is 19.3 Å². The van der Waals surface area contributed by atoms with Gasteiger partial charge in [0.1, 0.15) is 0 Å². The molecule has 314 valence electrons. The van der Waals surface area contributed by atoms with Gasteiger partial charge in [0.15, 0.2) is 0 Å². The molecule has 0 spiro atoms. The second kappa shape index (κ2) is 16.0. The number of hydrogen-bond donors (Lipinski definition) is 0. The molecule has 0 N–H and O–H groups in total. The molecule has 0 aliphatic carbocycles. The van der Waals surface area contributed by atoms with Crippen LogP contribution in [0.2, 0.25) is 0 Å². The zero-order chi connectivity index (χ0) is 44.2. The van der Waals surface area contributed by atoms with E-state index in [1.807, 2.05) is 0 Å².